The van der Waals surface area contributed by atoms with Gasteiger partial charge in [-0.15, -0.1) is 0 Å². The van der Waals surface area contributed by atoms with Gasteiger partial charge in [-0.2, -0.15) is 13.2 Å². The number of hydrogen-bond acceptors (Lipinski definition) is 5. The standard InChI is InChI=1S/C20H27F3N4O4/c1-2-31-13-19(5-3-15(12-19)25-18(29)30)17(28)27-9-7-26(8-10-27)16-11-14(4-6-24-16)20(21,22)23/h4,6,11,15,25H,2-3,5,7-10,12-13H2,1H3,(H,29,30)/t15?,19-/m0/s1. The summed E-state index contributed by atoms with van der Waals surface area (Å²) in [5, 5.41) is 11.5. The van der Waals surface area contributed by atoms with Gasteiger partial charge in [-0.3, -0.25) is 4.79 Å². The molecule has 1 aromatic rings. The first-order valence-electron chi connectivity index (χ1n) is 10.3. The molecule has 1 aromatic heterocycles. The van der Waals surface area contributed by atoms with Gasteiger partial charge in [0.25, 0.3) is 0 Å². The van der Waals surface area contributed by atoms with Crippen molar-refractivity contribution in [3.05, 3.63) is 23.9 Å². The number of carbonyl (C=O) groups is 2. The third-order valence-electron chi connectivity index (χ3n) is 5.94. The zero-order valence-corrected chi connectivity index (χ0v) is 17.3. The largest absolute Gasteiger partial charge is 0.465 e. The number of alkyl halides is 3. The van der Waals surface area contributed by atoms with Gasteiger partial charge in [0.15, 0.2) is 0 Å². The van der Waals surface area contributed by atoms with Crippen LogP contribution in [0.5, 0.6) is 0 Å². The van der Waals surface area contributed by atoms with Crippen molar-refractivity contribution in [2.24, 2.45) is 5.41 Å². The Morgan fingerprint density at radius 1 is 1.32 bits per heavy atom. The summed E-state index contributed by atoms with van der Waals surface area (Å²) in [5.41, 5.74) is -1.55. The SMILES string of the molecule is CCOC[C@]1(C(=O)N2CCN(c3cc(C(F)(F)F)ccn3)CC2)CCC(NC(=O)O)C1. The normalized spacial score (nSPS) is 24.3. The van der Waals surface area contributed by atoms with E-state index < -0.39 is 23.2 Å². The van der Waals surface area contributed by atoms with E-state index in [0.29, 0.717) is 52.0 Å². The summed E-state index contributed by atoms with van der Waals surface area (Å²) < 4.78 is 44.5. The minimum Gasteiger partial charge on any atom is -0.465 e. The van der Waals surface area contributed by atoms with E-state index in [1.54, 1.807) is 9.80 Å². The van der Waals surface area contributed by atoms with E-state index in [9.17, 15) is 22.8 Å². The molecule has 2 aliphatic rings. The van der Waals surface area contributed by atoms with E-state index in [2.05, 4.69) is 10.3 Å². The number of ether oxygens (including phenoxy) is 1. The fourth-order valence-corrected chi connectivity index (χ4v) is 4.35. The Kier molecular flexibility index (Phi) is 6.93. The first-order valence-corrected chi connectivity index (χ1v) is 10.3. The second-order valence-electron chi connectivity index (χ2n) is 7.99. The Labute approximate surface area is 178 Å². The minimum absolute atomic E-state index is 0.0905. The van der Waals surface area contributed by atoms with Gasteiger partial charge in [0.05, 0.1) is 17.6 Å². The number of rotatable bonds is 6. The van der Waals surface area contributed by atoms with E-state index in [1.165, 1.54) is 0 Å². The van der Waals surface area contributed by atoms with Crippen LogP contribution in [0.15, 0.2) is 18.3 Å². The van der Waals surface area contributed by atoms with Crippen LogP contribution in [0.25, 0.3) is 0 Å². The van der Waals surface area contributed by atoms with Crippen LogP contribution in [0.2, 0.25) is 0 Å². The molecule has 1 saturated heterocycles. The van der Waals surface area contributed by atoms with Crippen LogP contribution < -0.4 is 10.2 Å². The average molecular weight is 444 g/mol. The van der Waals surface area contributed by atoms with E-state index in [-0.39, 0.29) is 24.4 Å². The zero-order chi connectivity index (χ0) is 22.6. The third kappa shape index (κ3) is 5.38. The molecule has 2 atom stereocenters. The second kappa shape index (κ2) is 9.29. The Balaban J connectivity index is 1.66. The first-order chi connectivity index (χ1) is 14.6. The Morgan fingerprint density at radius 2 is 2.03 bits per heavy atom. The monoisotopic (exact) mass is 444 g/mol. The lowest BCUT2D eigenvalue weighted by Gasteiger charge is -2.40. The molecule has 8 nitrogen and oxygen atoms in total. The molecule has 1 saturated carbocycles. The fraction of sp³-hybridized carbons (Fsp3) is 0.650. The van der Waals surface area contributed by atoms with Crippen LogP contribution in [-0.2, 0) is 15.7 Å². The number of carboxylic acid groups (broad SMARTS) is 1. The minimum atomic E-state index is -4.44. The van der Waals surface area contributed by atoms with Crippen molar-refractivity contribution in [2.45, 2.75) is 38.4 Å². The molecule has 11 heteroatoms. The Bertz CT molecular complexity index is 799. The van der Waals surface area contributed by atoms with Crippen LogP contribution >= 0.6 is 0 Å². The molecule has 2 fully saturated rings. The number of piperazine rings is 1. The molecule has 31 heavy (non-hydrogen) atoms. The molecule has 0 spiro atoms. The number of nitrogens with one attached hydrogen (secondary N) is 1. The van der Waals surface area contributed by atoms with Gasteiger partial charge in [0.2, 0.25) is 5.91 Å². The molecule has 0 bridgehead atoms. The lowest BCUT2D eigenvalue weighted by molar-refractivity contribution is -0.146. The molecule has 3 rings (SSSR count). The van der Waals surface area contributed by atoms with Crippen LogP contribution in [-0.4, -0.2) is 72.4 Å². The van der Waals surface area contributed by atoms with Crippen LogP contribution in [0.3, 0.4) is 0 Å². The molecule has 0 aromatic carbocycles. The number of halogens is 3. The van der Waals surface area contributed by atoms with E-state index in [4.69, 9.17) is 9.84 Å². The van der Waals surface area contributed by atoms with E-state index in [0.717, 1.165) is 18.3 Å². The Hall–Kier alpha value is -2.56. The topological polar surface area (TPSA) is 95.0 Å². The number of anilines is 1. The van der Waals surface area contributed by atoms with Gasteiger partial charge in [-0.05, 0) is 38.3 Å². The molecule has 2 amide bonds. The maximum Gasteiger partial charge on any atom is 0.416 e. The molecular formula is C20H27F3N4O4. The summed E-state index contributed by atoms with van der Waals surface area (Å²) in [6.45, 7) is 3.92. The van der Waals surface area contributed by atoms with E-state index >= 15 is 0 Å². The maximum atomic E-state index is 13.4. The molecule has 1 aliphatic carbocycles. The van der Waals surface area contributed by atoms with Crippen molar-refractivity contribution in [1.29, 1.82) is 0 Å². The number of amides is 2. The summed E-state index contributed by atoms with van der Waals surface area (Å²) >= 11 is 0. The molecule has 172 valence electrons. The summed E-state index contributed by atoms with van der Waals surface area (Å²) in [7, 11) is 0. The summed E-state index contributed by atoms with van der Waals surface area (Å²) in [6, 6.07) is 1.65. The van der Waals surface area contributed by atoms with Crippen LogP contribution in [0.4, 0.5) is 23.8 Å². The highest BCUT2D eigenvalue weighted by Gasteiger charge is 2.48. The second-order valence-corrected chi connectivity index (χ2v) is 7.99. The molecule has 0 radical (unpaired) electrons. The van der Waals surface area contributed by atoms with Gasteiger partial charge < -0.3 is 25.0 Å². The van der Waals surface area contributed by atoms with E-state index in [1.807, 2.05) is 6.92 Å². The van der Waals surface area contributed by atoms with Gasteiger partial charge in [-0.1, -0.05) is 0 Å². The highest BCUT2D eigenvalue weighted by atomic mass is 19.4. The van der Waals surface area contributed by atoms with Crippen molar-refractivity contribution in [3.63, 3.8) is 0 Å². The van der Waals surface area contributed by atoms with Crippen molar-refractivity contribution in [1.82, 2.24) is 15.2 Å². The predicted molar refractivity (Wildman–Crippen MR) is 106 cm³/mol. The smallest absolute Gasteiger partial charge is 0.416 e. The summed E-state index contributed by atoms with van der Waals surface area (Å²) in [5.74, 6) is 0.143. The van der Waals surface area contributed by atoms with Gasteiger partial charge in [0, 0.05) is 45.0 Å². The van der Waals surface area contributed by atoms with Gasteiger partial charge in [0.1, 0.15) is 5.82 Å². The van der Waals surface area contributed by atoms with Crippen LogP contribution in [0.1, 0.15) is 31.7 Å². The molecule has 2 heterocycles. The number of pyridine rings is 1. The third-order valence-corrected chi connectivity index (χ3v) is 5.94. The average Bonchev–Trinajstić information content (AvgIpc) is 3.14. The number of nitrogens with zero attached hydrogens (tertiary/aromatic N) is 3. The number of aromatic nitrogens is 1. The quantitative estimate of drug-likeness (QED) is 0.701. The highest BCUT2D eigenvalue weighted by molar-refractivity contribution is 5.84. The van der Waals surface area contributed by atoms with Crippen molar-refractivity contribution in [2.75, 3.05) is 44.3 Å². The molecule has 1 aliphatic heterocycles. The first kappa shape index (κ1) is 23.1. The highest BCUT2D eigenvalue weighted by Crippen LogP contribution is 2.41. The lowest BCUT2D eigenvalue weighted by atomic mass is 9.84. The molecular weight excluding hydrogens is 417 g/mol. The Morgan fingerprint density at radius 3 is 2.65 bits per heavy atom. The van der Waals surface area contributed by atoms with Crippen molar-refractivity contribution in [3.8, 4) is 0 Å². The van der Waals surface area contributed by atoms with Crippen molar-refractivity contribution >= 4 is 17.8 Å². The summed E-state index contributed by atoms with van der Waals surface area (Å²) in [4.78, 5) is 31.9. The molecule has 2 N–H and O–H groups in total. The number of hydrogen-bond donors (Lipinski definition) is 2. The lowest BCUT2D eigenvalue weighted by Crippen LogP contribution is -2.54. The number of carbonyl (C=O) groups excluding carboxylic acids is 1. The summed E-state index contributed by atoms with van der Waals surface area (Å²) in [6.07, 6.45) is -2.98. The van der Waals surface area contributed by atoms with Crippen LogP contribution in [0, 0.1) is 5.41 Å². The molecule has 1 unspecified atom stereocenters. The van der Waals surface area contributed by atoms with Gasteiger partial charge in [-0.25, -0.2) is 9.78 Å². The predicted octanol–water partition coefficient (Wildman–Crippen LogP) is 2.59. The zero-order valence-electron chi connectivity index (χ0n) is 17.3. The maximum absolute atomic E-state index is 13.4. The van der Waals surface area contributed by atoms with Crippen molar-refractivity contribution < 1.29 is 32.6 Å². The fourth-order valence-electron chi connectivity index (χ4n) is 4.35. The van der Waals surface area contributed by atoms with Gasteiger partial charge >= 0.3 is 12.3 Å².